The number of hydrogen-bond acceptors (Lipinski definition) is 7. The van der Waals surface area contributed by atoms with Gasteiger partial charge in [-0.2, -0.15) is 0 Å². The van der Waals surface area contributed by atoms with E-state index in [4.69, 9.17) is 4.74 Å². The van der Waals surface area contributed by atoms with Crippen LogP contribution in [-0.2, 0) is 33.5 Å². The Bertz CT molecular complexity index is 1310. The van der Waals surface area contributed by atoms with Crippen molar-refractivity contribution in [3.63, 3.8) is 0 Å². The second-order valence-corrected chi connectivity index (χ2v) is 18.5. The number of likely N-dealkylation sites (tertiary alicyclic amines) is 2. The Morgan fingerprint density at radius 2 is 1.07 bits per heavy atom. The third-order valence-corrected chi connectivity index (χ3v) is 14.2. The maximum absolute atomic E-state index is 12.4. The molecule has 2 heterocycles. The van der Waals surface area contributed by atoms with Gasteiger partial charge in [-0.1, -0.05) is 130 Å². The smallest absolute Gasteiger partial charge is 0.240 e. The van der Waals surface area contributed by atoms with Gasteiger partial charge in [0.05, 0.1) is 24.0 Å². The lowest BCUT2D eigenvalue weighted by molar-refractivity contribution is -0.151. The van der Waals surface area contributed by atoms with Crippen LogP contribution in [-0.4, -0.2) is 57.5 Å². The van der Waals surface area contributed by atoms with Crippen molar-refractivity contribution in [1.82, 2.24) is 9.80 Å². The molecule has 11 atom stereocenters. The van der Waals surface area contributed by atoms with Crippen LogP contribution in [0.1, 0.15) is 190 Å². The van der Waals surface area contributed by atoms with Crippen molar-refractivity contribution in [1.29, 1.82) is 0 Å². The first-order chi connectivity index (χ1) is 26.3. The first-order valence-electron chi connectivity index (χ1n) is 22.7. The maximum atomic E-state index is 12.4. The van der Waals surface area contributed by atoms with Crippen molar-refractivity contribution in [3.8, 4) is 0 Å². The van der Waals surface area contributed by atoms with Gasteiger partial charge in [-0.25, -0.2) is 9.80 Å². The predicted octanol–water partition coefficient (Wildman–Crippen LogP) is 9.83. The van der Waals surface area contributed by atoms with Crippen molar-refractivity contribution in [2.24, 2.45) is 53.3 Å². The van der Waals surface area contributed by atoms with E-state index in [1.807, 2.05) is 6.92 Å². The fraction of sp³-hybridized carbons (Fsp3) is 0.870. The molecular formula is C46H76N2O7. The second-order valence-electron chi connectivity index (χ2n) is 18.5. The zero-order valence-electron chi connectivity index (χ0n) is 35.7. The van der Waals surface area contributed by atoms with E-state index >= 15 is 0 Å². The third kappa shape index (κ3) is 11.8. The van der Waals surface area contributed by atoms with E-state index in [2.05, 4.69) is 13.8 Å². The molecule has 0 aromatic rings. The van der Waals surface area contributed by atoms with E-state index in [0.29, 0.717) is 30.8 Å². The number of carbonyl (C=O) groups is 6. The first kappa shape index (κ1) is 45.3. The highest BCUT2D eigenvalue weighted by Gasteiger charge is 2.55. The van der Waals surface area contributed by atoms with Crippen molar-refractivity contribution in [2.45, 2.75) is 202 Å². The van der Waals surface area contributed by atoms with Crippen molar-refractivity contribution >= 4 is 35.4 Å². The Morgan fingerprint density at radius 3 is 1.55 bits per heavy atom. The molecular weight excluding hydrogens is 693 g/mol. The number of imide groups is 6. The Kier molecular flexibility index (Phi) is 18.1. The van der Waals surface area contributed by atoms with Crippen molar-refractivity contribution < 1.29 is 33.5 Å². The van der Waals surface area contributed by atoms with Crippen LogP contribution in [0.2, 0.25) is 0 Å². The highest BCUT2D eigenvalue weighted by molar-refractivity contribution is 6.17. The standard InChI is InChI=1S/C26H47NO3.C20H29NO4/c1-5-6-7-8-9-10-11-12-13-14-15-16-17-18-19-21(2)20-24-22(3)25(29)27(23(4)28)26(24)30;1-10(7-16-11(2)19(23)21(12(3)22)20(16)24)25-18-9-13-8-17(18)15-6-4-5-14(13)15/h21-22,24H,5-20H2,1-4H3;10-11,13-18H,4-9H2,1-3H3. The Labute approximate surface area is 333 Å². The molecule has 0 aromatic heterocycles. The molecule has 9 heteroatoms. The lowest BCUT2D eigenvalue weighted by Crippen LogP contribution is -2.36. The largest absolute Gasteiger partial charge is 0.375 e. The van der Waals surface area contributed by atoms with E-state index in [0.717, 1.165) is 34.0 Å². The van der Waals surface area contributed by atoms with Gasteiger partial charge in [0.2, 0.25) is 35.4 Å². The molecule has 2 aliphatic heterocycles. The Balaban J connectivity index is 0.000000247. The van der Waals surface area contributed by atoms with Gasteiger partial charge in [0.1, 0.15) is 0 Å². The first-order valence-corrected chi connectivity index (χ1v) is 22.7. The van der Waals surface area contributed by atoms with Gasteiger partial charge in [0.15, 0.2) is 0 Å². The number of carbonyl (C=O) groups excluding carboxylic acids is 6. The lowest BCUT2D eigenvalue weighted by atomic mass is 9.80. The van der Waals surface area contributed by atoms with E-state index < -0.39 is 23.7 Å². The van der Waals surface area contributed by atoms with Crippen molar-refractivity contribution in [2.75, 3.05) is 0 Å². The molecule has 0 aromatic carbocycles. The summed E-state index contributed by atoms with van der Waals surface area (Å²) in [5, 5.41) is 0. The Morgan fingerprint density at radius 1 is 0.618 bits per heavy atom. The molecule has 5 rings (SSSR count). The fourth-order valence-corrected chi connectivity index (χ4v) is 11.1. The van der Waals surface area contributed by atoms with E-state index in [-0.39, 0.29) is 41.6 Å². The number of ether oxygens (including phenoxy) is 1. The quantitative estimate of drug-likeness (QED) is 0.0843. The lowest BCUT2D eigenvalue weighted by Gasteiger charge is -2.33. The van der Waals surface area contributed by atoms with Gasteiger partial charge in [-0.15, -0.1) is 0 Å². The summed E-state index contributed by atoms with van der Waals surface area (Å²) in [4.78, 5) is 73.9. The highest BCUT2D eigenvalue weighted by Crippen LogP contribution is 2.59. The molecule has 11 unspecified atom stereocenters. The minimum Gasteiger partial charge on any atom is -0.375 e. The van der Waals surface area contributed by atoms with Crippen LogP contribution in [0.5, 0.6) is 0 Å². The van der Waals surface area contributed by atoms with Gasteiger partial charge in [-0.3, -0.25) is 28.8 Å². The fourth-order valence-electron chi connectivity index (χ4n) is 11.1. The van der Waals surface area contributed by atoms with E-state index in [1.165, 1.54) is 136 Å². The summed E-state index contributed by atoms with van der Waals surface area (Å²) in [6.45, 7) is 12.6. The third-order valence-electron chi connectivity index (χ3n) is 14.2. The highest BCUT2D eigenvalue weighted by atomic mass is 16.5. The van der Waals surface area contributed by atoms with Crippen LogP contribution in [0.3, 0.4) is 0 Å². The van der Waals surface area contributed by atoms with Gasteiger partial charge in [0, 0.05) is 25.7 Å². The molecule has 0 radical (unpaired) electrons. The monoisotopic (exact) mass is 769 g/mol. The summed E-state index contributed by atoms with van der Waals surface area (Å²) < 4.78 is 6.38. The summed E-state index contributed by atoms with van der Waals surface area (Å²) in [7, 11) is 0. The van der Waals surface area contributed by atoms with Gasteiger partial charge >= 0.3 is 0 Å². The second kappa shape index (κ2) is 21.9. The van der Waals surface area contributed by atoms with Crippen LogP contribution >= 0.6 is 0 Å². The molecule has 6 amide bonds. The number of nitrogens with zero attached hydrogens (tertiary/aromatic N) is 2. The minimum atomic E-state index is -0.474. The number of fused-ring (bicyclic) bond motifs is 5. The maximum Gasteiger partial charge on any atom is 0.240 e. The summed E-state index contributed by atoms with van der Waals surface area (Å²) >= 11 is 0. The molecule has 9 nitrogen and oxygen atoms in total. The Hall–Kier alpha value is -2.42. The molecule has 3 aliphatic carbocycles. The van der Waals surface area contributed by atoms with Crippen LogP contribution < -0.4 is 0 Å². The van der Waals surface area contributed by atoms with Gasteiger partial charge in [0.25, 0.3) is 0 Å². The molecule has 0 spiro atoms. The molecule has 55 heavy (non-hydrogen) atoms. The summed E-state index contributed by atoms with van der Waals surface area (Å²) in [5.74, 6) is 0.00570. The minimum absolute atomic E-state index is 0.0553. The number of amides is 6. The van der Waals surface area contributed by atoms with E-state index in [9.17, 15) is 28.8 Å². The summed E-state index contributed by atoms with van der Waals surface area (Å²) in [5.41, 5.74) is 0. The van der Waals surface area contributed by atoms with Gasteiger partial charge < -0.3 is 4.74 Å². The molecule has 2 saturated heterocycles. The molecule has 0 N–H and O–H groups in total. The SMILES string of the molecule is CC(=O)N1C(=O)C(C)C(CC(C)OC2CC3CC2C2CCCC32)C1=O.CCCCCCCCCCCCCCCCC(C)CC1C(=O)N(C(C)=O)C(=O)C1C. The van der Waals surface area contributed by atoms with Crippen LogP contribution in [0.25, 0.3) is 0 Å². The molecule has 312 valence electrons. The van der Waals surface area contributed by atoms with Crippen molar-refractivity contribution in [3.05, 3.63) is 0 Å². The number of rotatable bonds is 21. The van der Waals surface area contributed by atoms with Crippen LogP contribution in [0.4, 0.5) is 0 Å². The number of unbranched alkanes of at least 4 members (excludes halogenated alkanes) is 13. The summed E-state index contributed by atoms with van der Waals surface area (Å²) in [6, 6.07) is 0. The van der Waals surface area contributed by atoms with Crippen LogP contribution in [0.15, 0.2) is 0 Å². The molecule has 3 saturated carbocycles. The zero-order valence-corrected chi connectivity index (χ0v) is 35.7. The molecule has 5 fully saturated rings. The predicted molar refractivity (Wildman–Crippen MR) is 215 cm³/mol. The molecule has 2 bridgehead atoms. The van der Waals surface area contributed by atoms with Crippen LogP contribution in [0, 0.1) is 53.3 Å². The topological polar surface area (TPSA) is 118 Å². The number of hydrogen-bond donors (Lipinski definition) is 0. The normalized spacial score (nSPS) is 30.9. The zero-order chi connectivity index (χ0) is 40.2. The van der Waals surface area contributed by atoms with Gasteiger partial charge in [-0.05, 0) is 75.0 Å². The van der Waals surface area contributed by atoms with E-state index in [1.54, 1.807) is 13.8 Å². The average molecular weight is 769 g/mol. The summed E-state index contributed by atoms with van der Waals surface area (Å²) in [6.07, 6.45) is 28.3. The average Bonchev–Trinajstić information content (AvgIpc) is 3.93. The molecule has 5 aliphatic rings.